The fourth-order valence-electron chi connectivity index (χ4n) is 1.74. The second kappa shape index (κ2) is 5.65. The lowest BCUT2D eigenvalue weighted by molar-refractivity contribution is 0.101. The summed E-state index contributed by atoms with van der Waals surface area (Å²) in [6.45, 7) is 4.41. The smallest absolute Gasteiger partial charge is 0.165 e. The highest BCUT2D eigenvalue weighted by Gasteiger charge is 2.08. The maximum atomic E-state index is 13.7. The van der Waals surface area contributed by atoms with Crippen LogP contribution < -0.4 is 4.74 Å². The van der Waals surface area contributed by atoms with Gasteiger partial charge in [0.1, 0.15) is 6.61 Å². The van der Waals surface area contributed by atoms with E-state index in [4.69, 9.17) is 4.74 Å². The van der Waals surface area contributed by atoms with E-state index in [1.165, 1.54) is 19.1 Å². The minimum absolute atomic E-state index is 0.133. The number of ether oxygens (including phenoxy) is 1. The molecule has 0 saturated carbocycles. The van der Waals surface area contributed by atoms with E-state index >= 15 is 0 Å². The van der Waals surface area contributed by atoms with Crippen molar-refractivity contribution in [3.05, 3.63) is 47.8 Å². The molecule has 1 aromatic carbocycles. The van der Waals surface area contributed by atoms with Crippen molar-refractivity contribution in [2.75, 3.05) is 0 Å². The maximum Gasteiger partial charge on any atom is 0.165 e. The van der Waals surface area contributed by atoms with Gasteiger partial charge in [0, 0.05) is 12.1 Å². The van der Waals surface area contributed by atoms with Crippen LogP contribution in [0.3, 0.4) is 0 Å². The predicted molar refractivity (Wildman–Crippen MR) is 68.6 cm³/mol. The van der Waals surface area contributed by atoms with Crippen LogP contribution >= 0.6 is 0 Å². The van der Waals surface area contributed by atoms with E-state index in [2.05, 4.69) is 4.98 Å². The van der Waals surface area contributed by atoms with Gasteiger partial charge in [-0.05, 0) is 32.0 Å². The topological polar surface area (TPSA) is 44.1 Å². The summed E-state index contributed by atoms with van der Waals surface area (Å²) < 4.78 is 21.1. The van der Waals surface area contributed by atoms with Crippen molar-refractivity contribution in [3.8, 4) is 5.75 Å². The lowest BCUT2D eigenvalue weighted by atomic mass is 10.1. The molecule has 0 amide bonds. The van der Waals surface area contributed by atoms with Crippen molar-refractivity contribution in [2.45, 2.75) is 27.0 Å². The molecule has 1 aromatic heterocycles. The van der Waals surface area contributed by atoms with Crippen LogP contribution in [0.15, 0.2) is 30.7 Å². The van der Waals surface area contributed by atoms with Crippen molar-refractivity contribution in [1.29, 1.82) is 0 Å². The fraction of sp³-hybridized carbons (Fsp3) is 0.286. The molecule has 0 unspecified atom stereocenters. The number of carbonyl (C=O) groups excluding carboxylic acids is 1. The molecule has 0 aliphatic rings. The largest absolute Gasteiger partial charge is 0.484 e. The third kappa shape index (κ3) is 2.99. The Morgan fingerprint density at radius 1 is 1.47 bits per heavy atom. The van der Waals surface area contributed by atoms with Crippen LogP contribution in [-0.2, 0) is 13.2 Å². The summed E-state index contributed by atoms with van der Waals surface area (Å²) >= 11 is 0. The number of hydrogen-bond acceptors (Lipinski definition) is 3. The summed E-state index contributed by atoms with van der Waals surface area (Å²) in [6.07, 6.45) is 3.39. The van der Waals surface area contributed by atoms with Crippen LogP contribution in [0.1, 0.15) is 29.9 Å². The van der Waals surface area contributed by atoms with Crippen molar-refractivity contribution >= 4 is 5.78 Å². The maximum absolute atomic E-state index is 13.7. The van der Waals surface area contributed by atoms with Gasteiger partial charge in [0.15, 0.2) is 17.3 Å². The predicted octanol–water partition coefficient (Wildman–Crippen LogP) is 2.82. The van der Waals surface area contributed by atoms with E-state index < -0.39 is 5.82 Å². The number of Topliss-reactive ketones (excluding diaryl/α,β-unsaturated/α-hetero) is 1. The summed E-state index contributed by atoms with van der Waals surface area (Å²) in [7, 11) is 0. The van der Waals surface area contributed by atoms with Gasteiger partial charge in [0.25, 0.3) is 0 Å². The van der Waals surface area contributed by atoms with Gasteiger partial charge in [-0.25, -0.2) is 9.37 Å². The average molecular weight is 262 g/mol. The molecule has 2 aromatic rings. The van der Waals surface area contributed by atoms with E-state index in [-0.39, 0.29) is 18.1 Å². The SMILES string of the molecule is CCn1cncc1COc1ccc(C(C)=O)cc1F. The number of aromatic nitrogens is 2. The molecule has 1 heterocycles. The fourth-order valence-corrected chi connectivity index (χ4v) is 1.74. The zero-order valence-electron chi connectivity index (χ0n) is 10.9. The van der Waals surface area contributed by atoms with Gasteiger partial charge in [-0.3, -0.25) is 4.79 Å². The van der Waals surface area contributed by atoms with E-state index in [1.54, 1.807) is 18.6 Å². The zero-order chi connectivity index (χ0) is 13.8. The lowest BCUT2D eigenvalue weighted by Crippen LogP contribution is -2.05. The second-order valence-electron chi connectivity index (χ2n) is 4.16. The standard InChI is InChI=1S/C14H15FN2O2/c1-3-17-9-16-7-12(17)8-19-14-5-4-11(10(2)18)6-13(14)15/h4-7,9H,3,8H2,1-2H3. The summed E-state index contributed by atoms with van der Waals surface area (Å²) in [5, 5.41) is 0. The molecular formula is C14H15FN2O2. The highest BCUT2D eigenvalue weighted by atomic mass is 19.1. The van der Waals surface area contributed by atoms with Crippen molar-refractivity contribution in [2.24, 2.45) is 0 Å². The first-order chi connectivity index (χ1) is 9.11. The first kappa shape index (κ1) is 13.3. The highest BCUT2D eigenvalue weighted by molar-refractivity contribution is 5.94. The minimum atomic E-state index is -0.532. The summed E-state index contributed by atoms with van der Waals surface area (Å²) in [6, 6.07) is 4.21. The van der Waals surface area contributed by atoms with Gasteiger partial charge in [-0.2, -0.15) is 0 Å². The Morgan fingerprint density at radius 2 is 2.26 bits per heavy atom. The normalized spacial score (nSPS) is 10.5. The van der Waals surface area contributed by atoms with Gasteiger partial charge < -0.3 is 9.30 Å². The van der Waals surface area contributed by atoms with Gasteiger partial charge >= 0.3 is 0 Å². The Morgan fingerprint density at radius 3 is 2.89 bits per heavy atom. The van der Waals surface area contributed by atoms with E-state index in [9.17, 15) is 9.18 Å². The monoisotopic (exact) mass is 262 g/mol. The Hall–Kier alpha value is -2.17. The molecule has 0 fully saturated rings. The molecule has 0 bridgehead atoms. The zero-order valence-corrected chi connectivity index (χ0v) is 10.9. The van der Waals surface area contributed by atoms with E-state index in [0.29, 0.717) is 5.56 Å². The lowest BCUT2D eigenvalue weighted by Gasteiger charge is -2.09. The summed E-state index contributed by atoms with van der Waals surface area (Å²) in [4.78, 5) is 15.1. The average Bonchev–Trinajstić information content (AvgIpc) is 2.84. The second-order valence-corrected chi connectivity index (χ2v) is 4.16. The first-order valence-corrected chi connectivity index (χ1v) is 6.04. The van der Waals surface area contributed by atoms with Crippen LogP contribution in [0.25, 0.3) is 0 Å². The molecule has 0 aliphatic carbocycles. The van der Waals surface area contributed by atoms with Crippen molar-refractivity contribution in [1.82, 2.24) is 9.55 Å². The van der Waals surface area contributed by atoms with Crippen LogP contribution in [0.5, 0.6) is 5.75 Å². The molecule has 0 spiro atoms. The third-order valence-corrected chi connectivity index (χ3v) is 2.85. The first-order valence-electron chi connectivity index (χ1n) is 6.04. The van der Waals surface area contributed by atoms with Gasteiger partial charge in [0.2, 0.25) is 0 Å². The van der Waals surface area contributed by atoms with Crippen LogP contribution in [0.2, 0.25) is 0 Å². The Balaban J connectivity index is 2.10. The van der Waals surface area contributed by atoms with Gasteiger partial charge in [0.05, 0.1) is 18.2 Å². The number of aryl methyl sites for hydroxylation is 1. The Labute approximate surface area is 110 Å². The van der Waals surface area contributed by atoms with E-state index in [0.717, 1.165) is 12.2 Å². The Bertz CT molecular complexity index is 593. The number of rotatable bonds is 5. The molecular weight excluding hydrogens is 247 g/mol. The molecule has 5 heteroatoms. The Kier molecular flexibility index (Phi) is 3.94. The van der Waals surface area contributed by atoms with Crippen molar-refractivity contribution < 1.29 is 13.9 Å². The molecule has 19 heavy (non-hydrogen) atoms. The van der Waals surface area contributed by atoms with Crippen LogP contribution in [0.4, 0.5) is 4.39 Å². The summed E-state index contributed by atoms with van der Waals surface area (Å²) in [5.74, 6) is -0.571. The number of carbonyl (C=O) groups is 1. The molecule has 4 nitrogen and oxygen atoms in total. The van der Waals surface area contributed by atoms with Gasteiger partial charge in [-0.1, -0.05) is 0 Å². The summed E-state index contributed by atoms with van der Waals surface area (Å²) in [5.41, 5.74) is 1.21. The third-order valence-electron chi connectivity index (χ3n) is 2.85. The minimum Gasteiger partial charge on any atom is -0.484 e. The number of hydrogen-bond donors (Lipinski definition) is 0. The molecule has 0 N–H and O–H groups in total. The molecule has 100 valence electrons. The molecule has 2 rings (SSSR count). The molecule has 0 atom stereocenters. The van der Waals surface area contributed by atoms with Crippen LogP contribution in [0, 0.1) is 5.82 Å². The quantitative estimate of drug-likeness (QED) is 0.778. The number of halogens is 1. The van der Waals surface area contributed by atoms with Crippen LogP contribution in [-0.4, -0.2) is 15.3 Å². The van der Waals surface area contributed by atoms with Crippen molar-refractivity contribution in [3.63, 3.8) is 0 Å². The molecule has 0 aliphatic heterocycles. The molecule has 0 radical (unpaired) electrons. The number of ketones is 1. The highest BCUT2D eigenvalue weighted by Crippen LogP contribution is 2.20. The van der Waals surface area contributed by atoms with E-state index in [1.807, 2.05) is 11.5 Å². The molecule has 0 saturated heterocycles. The number of nitrogens with zero attached hydrogens (tertiary/aromatic N) is 2. The number of imidazole rings is 1. The van der Waals surface area contributed by atoms with Gasteiger partial charge in [-0.15, -0.1) is 0 Å². The number of benzene rings is 1.